The molecule has 0 atom stereocenters. The molecule has 1 heteroatoms. The van der Waals surface area contributed by atoms with E-state index in [2.05, 4.69) is 185 Å². The lowest BCUT2D eigenvalue weighted by atomic mass is 9.82. The first-order chi connectivity index (χ1) is 25.5. The molecule has 9 aromatic rings. The molecule has 0 bridgehead atoms. The number of fused-ring (bicyclic) bond motifs is 8. The fourth-order valence-electron chi connectivity index (χ4n) is 9.13. The van der Waals surface area contributed by atoms with Gasteiger partial charge in [0.2, 0.25) is 0 Å². The molecule has 0 spiro atoms. The van der Waals surface area contributed by atoms with Crippen LogP contribution in [0.5, 0.6) is 0 Å². The Balaban J connectivity index is 1.13. The molecule has 1 aromatic heterocycles. The SMILES string of the molecule is C/C=C1\C(=C/Cc2cccc(-c3c4ccccc4c(-c4ccccc4)c4ccccc34)c2)c2c(ccc3cc4sc5ccccc5c4cc23)C1(C)C. The average Bonchev–Trinajstić information content (AvgIpc) is 3.65. The van der Waals surface area contributed by atoms with Crippen LogP contribution >= 0.6 is 11.3 Å². The van der Waals surface area contributed by atoms with Gasteiger partial charge in [-0.1, -0.05) is 159 Å². The molecule has 8 aromatic carbocycles. The number of hydrogen-bond acceptors (Lipinski definition) is 1. The highest BCUT2D eigenvalue weighted by Crippen LogP contribution is 2.53. The van der Waals surface area contributed by atoms with Crippen molar-refractivity contribution < 1.29 is 0 Å². The monoisotopic (exact) mass is 682 g/mol. The van der Waals surface area contributed by atoms with Crippen LogP contribution in [0.2, 0.25) is 0 Å². The first kappa shape index (κ1) is 31.0. The molecular formula is C51H38S. The Labute approximate surface area is 309 Å². The Morgan fingerprint density at radius 3 is 1.81 bits per heavy atom. The van der Waals surface area contributed by atoms with Crippen molar-refractivity contribution in [3.63, 3.8) is 0 Å². The summed E-state index contributed by atoms with van der Waals surface area (Å²) in [5.74, 6) is 0. The van der Waals surface area contributed by atoms with Gasteiger partial charge in [0.15, 0.2) is 0 Å². The molecule has 1 aliphatic carbocycles. The van der Waals surface area contributed by atoms with Gasteiger partial charge in [0, 0.05) is 25.6 Å². The summed E-state index contributed by atoms with van der Waals surface area (Å²) in [5, 5.41) is 10.5. The lowest BCUT2D eigenvalue weighted by Gasteiger charge is -2.22. The van der Waals surface area contributed by atoms with Crippen molar-refractivity contribution in [1.82, 2.24) is 0 Å². The van der Waals surface area contributed by atoms with E-state index < -0.39 is 0 Å². The maximum absolute atomic E-state index is 2.51. The predicted molar refractivity (Wildman–Crippen MR) is 228 cm³/mol. The van der Waals surface area contributed by atoms with E-state index in [1.54, 1.807) is 0 Å². The number of allylic oxidation sites excluding steroid dienone is 4. The second kappa shape index (κ2) is 11.9. The Morgan fingerprint density at radius 1 is 0.500 bits per heavy atom. The minimum absolute atomic E-state index is 0.0735. The van der Waals surface area contributed by atoms with Crippen LogP contribution in [0.1, 0.15) is 37.5 Å². The molecule has 10 rings (SSSR count). The van der Waals surface area contributed by atoms with Gasteiger partial charge in [0.25, 0.3) is 0 Å². The second-order valence-electron chi connectivity index (χ2n) is 14.7. The van der Waals surface area contributed by atoms with Crippen LogP contribution in [0.15, 0.2) is 169 Å². The van der Waals surface area contributed by atoms with E-state index in [1.807, 2.05) is 11.3 Å². The van der Waals surface area contributed by atoms with Crippen LogP contribution < -0.4 is 0 Å². The topological polar surface area (TPSA) is 0 Å². The van der Waals surface area contributed by atoms with Crippen molar-refractivity contribution in [3.8, 4) is 22.3 Å². The number of thiophene rings is 1. The highest BCUT2D eigenvalue weighted by atomic mass is 32.1. The summed E-state index contributed by atoms with van der Waals surface area (Å²) in [6, 6.07) is 56.4. The molecule has 1 heterocycles. The fourth-order valence-corrected chi connectivity index (χ4v) is 10.3. The molecule has 0 N–H and O–H groups in total. The van der Waals surface area contributed by atoms with E-state index in [4.69, 9.17) is 0 Å². The zero-order valence-electron chi connectivity index (χ0n) is 29.7. The van der Waals surface area contributed by atoms with Gasteiger partial charge in [-0.3, -0.25) is 0 Å². The van der Waals surface area contributed by atoms with Crippen molar-refractivity contribution in [2.45, 2.75) is 32.6 Å². The summed E-state index contributed by atoms with van der Waals surface area (Å²) < 4.78 is 2.71. The standard InChI is InChI=1S/C51H38S/c1-4-44-41(50-42-31-43-36-19-12-13-24-46(36)52-47(43)30-34(42)26-28-45(50)51(44,2)3)27-25-32-15-14-18-35(29-32)49-39-22-10-8-20-37(39)48(33-16-6-5-7-17-33)38-21-9-11-23-40(38)49/h4-24,26-31H,25H2,1-3H3/b41-27+,44-4+. The van der Waals surface area contributed by atoms with Gasteiger partial charge >= 0.3 is 0 Å². The summed E-state index contributed by atoms with van der Waals surface area (Å²) in [6.45, 7) is 6.99. The molecule has 0 nitrogen and oxygen atoms in total. The molecule has 0 saturated heterocycles. The van der Waals surface area contributed by atoms with E-state index in [0.717, 1.165) is 6.42 Å². The Hall–Kier alpha value is -5.76. The molecule has 0 radical (unpaired) electrons. The summed E-state index contributed by atoms with van der Waals surface area (Å²) >= 11 is 1.90. The molecule has 0 unspecified atom stereocenters. The van der Waals surface area contributed by atoms with E-state index in [0.29, 0.717) is 0 Å². The third-order valence-electron chi connectivity index (χ3n) is 11.5. The summed E-state index contributed by atoms with van der Waals surface area (Å²) in [7, 11) is 0. The largest absolute Gasteiger partial charge is 0.135 e. The fraction of sp³-hybridized carbons (Fsp3) is 0.0980. The number of benzene rings is 8. The molecule has 248 valence electrons. The minimum Gasteiger partial charge on any atom is -0.135 e. The zero-order valence-corrected chi connectivity index (χ0v) is 30.5. The van der Waals surface area contributed by atoms with Gasteiger partial charge in [-0.05, 0) is 114 Å². The highest BCUT2D eigenvalue weighted by Gasteiger charge is 2.38. The van der Waals surface area contributed by atoms with Gasteiger partial charge in [-0.15, -0.1) is 11.3 Å². The molecule has 52 heavy (non-hydrogen) atoms. The van der Waals surface area contributed by atoms with Crippen LogP contribution in [0.4, 0.5) is 0 Å². The van der Waals surface area contributed by atoms with Gasteiger partial charge in [-0.2, -0.15) is 0 Å². The molecule has 0 fully saturated rings. The maximum atomic E-state index is 2.51. The van der Waals surface area contributed by atoms with Crippen LogP contribution in [0, 0.1) is 0 Å². The molecule has 0 aliphatic heterocycles. The van der Waals surface area contributed by atoms with Crippen molar-refractivity contribution in [3.05, 3.63) is 186 Å². The Kier molecular flexibility index (Phi) is 7.10. The van der Waals surface area contributed by atoms with Gasteiger partial charge in [0.05, 0.1) is 0 Å². The van der Waals surface area contributed by atoms with E-state index >= 15 is 0 Å². The van der Waals surface area contributed by atoms with E-state index in [9.17, 15) is 0 Å². The lowest BCUT2D eigenvalue weighted by molar-refractivity contribution is 0.660. The van der Waals surface area contributed by atoms with Crippen molar-refractivity contribution in [2.24, 2.45) is 0 Å². The quantitative estimate of drug-likeness (QED) is 0.162. The smallest absolute Gasteiger partial charge is 0.0361 e. The molecule has 1 aliphatic rings. The normalized spacial score (nSPS) is 15.5. The van der Waals surface area contributed by atoms with Gasteiger partial charge in [-0.25, -0.2) is 0 Å². The number of rotatable bonds is 4. The molecule has 0 amide bonds. The Bertz CT molecular complexity index is 2890. The van der Waals surface area contributed by atoms with Crippen LogP contribution in [-0.4, -0.2) is 0 Å². The molecular weight excluding hydrogens is 645 g/mol. The first-order valence-corrected chi connectivity index (χ1v) is 19.2. The summed E-state index contributed by atoms with van der Waals surface area (Å²) in [4.78, 5) is 0. The van der Waals surface area contributed by atoms with E-state index in [-0.39, 0.29) is 5.41 Å². The van der Waals surface area contributed by atoms with Crippen molar-refractivity contribution in [1.29, 1.82) is 0 Å². The van der Waals surface area contributed by atoms with Crippen molar-refractivity contribution >= 4 is 69.4 Å². The van der Waals surface area contributed by atoms with Crippen LogP contribution in [-0.2, 0) is 11.8 Å². The van der Waals surface area contributed by atoms with Crippen LogP contribution in [0.25, 0.3) is 80.3 Å². The minimum atomic E-state index is -0.0735. The highest BCUT2D eigenvalue weighted by molar-refractivity contribution is 7.25. The maximum Gasteiger partial charge on any atom is 0.0361 e. The third kappa shape index (κ3) is 4.66. The van der Waals surface area contributed by atoms with Crippen LogP contribution in [0.3, 0.4) is 0 Å². The van der Waals surface area contributed by atoms with Gasteiger partial charge < -0.3 is 0 Å². The average molecular weight is 683 g/mol. The molecule has 0 saturated carbocycles. The number of hydrogen-bond donors (Lipinski definition) is 0. The van der Waals surface area contributed by atoms with Crippen molar-refractivity contribution in [2.75, 3.05) is 0 Å². The zero-order chi connectivity index (χ0) is 35.0. The van der Waals surface area contributed by atoms with Gasteiger partial charge in [0.1, 0.15) is 0 Å². The lowest BCUT2D eigenvalue weighted by Crippen LogP contribution is -2.14. The first-order valence-electron chi connectivity index (χ1n) is 18.4. The third-order valence-corrected chi connectivity index (χ3v) is 12.6. The predicted octanol–water partition coefficient (Wildman–Crippen LogP) is 14.7. The summed E-state index contributed by atoms with van der Waals surface area (Å²) in [6.07, 6.45) is 5.71. The summed E-state index contributed by atoms with van der Waals surface area (Å²) in [5.41, 5.74) is 12.0. The Morgan fingerprint density at radius 2 is 1.12 bits per heavy atom. The second-order valence-corrected chi connectivity index (χ2v) is 15.8. The van der Waals surface area contributed by atoms with E-state index in [1.165, 1.54) is 103 Å².